The highest BCUT2D eigenvalue weighted by atomic mass is 32.2. The van der Waals surface area contributed by atoms with Crippen molar-refractivity contribution in [1.29, 1.82) is 0 Å². The van der Waals surface area contributed by atoms with Gasteiger partial charge in [0.05, 0.1) is 5.25 Å². The lowest BCUT2D eigenvalue weighted by Gasteiger charge is -2.11. The molecule has 1 heterocycles. The molecule has 0 saturated heterocycles. The Morgan fingerprint density at radius 3 is 2.75 bits per heavy atom. The molecule has 0 aliphatic carbocycles. The SMILES string of the molecule is Cc1csc(SC(C)C(=O)NCC(C)C)n1. The summed E-state index contributed by atoms with van der Waals surface area (Å²) in [6, 6.07) is 0. The summed E-state index contributed by atoms with van der Waals surface area (Å²) in [6.07, 6.45) is 0. The number of carbonyl (C=O) groups excluding carboxylic acids is 1. The Kier molecular flexibility index (Phi) is 5.28. The number of thioether (sulfide) groups is 1. The van der Waals surface area contributed by atoms with Gasteiger partial charge in [-0.1, -0.05) is 25.6 Å². The van der Waals surface area contributed by atoms with Crippen molar-refractivity contribution >= 4 is 29.0 Å². The van der Waals surface area contributed by atoms with E-state index in [9.17, 15) is 4.79 Å². The number of carbonyl (C=O) groups is 1. The van der Waals surface area contributed by atoms with Crippen LogP contribution in [-0.4, -0.2) is 22.7 Å². The number of rotatable bonds is 5. The number of hydrogen-bond acceptors (Lipinski definition) is 4. The molecule has 3 nitrogen and oxygen atoms in total. The molecule has 1 unspecified atom stereocenters. The highest BCUT2D eigenvalue weighted by molar-refractivity contribution is 8.02. The summed E-state index contributed by atoms with van der Waals surface area (Å²) >= 11 is 3.11. The minimum absolute atomic E-state index is 0.0794. The lowest BCUT2D eigenvalue weighted by Crippen LogP contribution is -2.33. The maximum Gasteiger partial charge on any atom is 0.233 e. The summed E-state index contributed by atoms with van der Waals surface area (Å²) in [5.74, 6) is 0.579. The topological polar surface area (TPSA) is 42.0 Å². The number of thiazole rings is 1. The maximum absolute atomic E-state index is 11.7. The molecular formula is C11H18N2OS2. The molecule has 16 heavy (non-hydrogen) atoms. The van der Waals surface area contributed by atoms with Gasteiger partial charge in [0.15, 0.2) is 4.34 Å². The van der Waals surface area contributed by atoms with Gasteiger partial charge >= 0.3 is 0 Å². The summed E-state index contributed by atoms with van der Waals surface area (Å²) in [7, 11) is 0. The summed E-state index contributed by atoms with van der Waals surface area (Å²) in [5, 5.41) is 4.85. The fourth-order valence-corrected chi connectivity index (χ4v) is 3.05. The van der Waals surface area contributed by atoms with Crippen LogP contribution in [0, 0.1) is 12.8 Å². The molecule has 0 spiro atoms. The van der Waals surface area contributed by atoms with Crippen molar-refractivity contribution in [2.75, 3.05) is 6.54 Å². The van der Waals surface area contributed by atoms with Crippen LogP contribution in [0.1, 0.15) is 26.5 Å². The Morgan fingerprint density at radius 1 is 1.56 bits per heavy atom. The predicted molar refractivity (Wildman–Crippen MR) is 70.0 cm³/mol. The minimum Gasteiger partial charge on any atom is -0.355 e. The molecule has 0 fully saturated rings. The molecular weight excluding hydrogens is 240 g/mol. The molecule has 1 rings (SSSR count). The van der Waals surface area contributed by atoms with Gasteiger partial charge in [0.1, 0.15) is 0 Å². The first-order valence-electron chi connectivity index (χ1n) is 5.35. The van der Waals surface area contributed by atoms with Crippen LogP contribution in [-0.2, 0) is 4.79 Å². The Hall–Kier alpha value is -0.550. The molecule has 0 aromatic carbocycles. The van der Waals surface area contributed by atoms with Gasteiger partial charge in [-0.2, -0.15) is 0 Å². The third-order valence-corrected chi connectivity index (χ3v) is 4.12. The molecule has 0 aliphatic heterocycles. The molecule has 0 radical (unpaired) electrons. The van der Waals surface area contributed by atoms with Gasteiger partial charge in [-0.3, -0.25) is 4.79 Å². The second-order valence-corrected chi connectivity index (χ2v) is 6.60. The average molecular weight is 258 g/mol. The molecule has 1 aromatic heterocycles. The quantitative estimate of drug-likeness (QED) is 0.826. The largest absolute Gasteiger partial charge is 0.355 e. The average Bonchev–Trinajstić information content (AvgIpc) is 2.60. The fraction of sp³-hybridized carbons (Fsp3) is 0.636. The van der Waals surface area contributed by atoms with Crippen molar-refractivity contribution in [1.82, 2.24) is 10.3 Å². The van der Waals surface area contributed by atoms with Crippen molar-refractivity contribution in [3.8, 4) is 0 Å². The molecule has 1 aromatic rings. The van der Waals surface area contributed by atoms with Crippen LogP contribution < -0.4 is 5.32 Å². The smallest absolute Gasteiger partial charge is 0.233 e. The number of nitrogens with zero attached hydrogens (tertiary/aromatic N) is 1. The van der Waals surface area contributed by atoms with E-state index in [2.05, 4.69) is 24.1 Å². The number of hydrogen-bond donors (Lipinski definition) is 1. The van der Waals surface area contributed by atoms with E-state index in [1.165, 1.54) is 11.8 Å². The minimum atomic E-state index is -0.0794. The van der Waals surface area contributed by atoms with Crippen LogP contribution in [0.4, 0.5) is 0 Å². The van der Waals surface area contributed by atoms with Crippen molar-refractivity contribution < 1.29 is 4.79 Å². The highest BCUT2D eigenvalue weighted by Crippen LogP contribution is 2.26. The van der Waals surface area contributed by atoms with E-state index in [-0.39, 0.29) is 11.2 Å². The molecule has 1 amide bonds. The van der Waals surface area contributed by atoms with Crippen molar-refractivity contribution in [2.24, 2.45) is 5.92 Å². The highest BCUT2D eigenvalue weighted by Gasteiger charge is 2.15. The summed E-state index contributed by atoms with van der Waals surface area (Å²) < 4.78 is 0.963. The van der Waals surface area contributed by atoms with Gasteiger partial charge in [0, 0.05) is 17.6 Å². The zero-order chi connectivity index (χ0) is 12.1. The molecule has 5 heteroatoms. The van der Waals surface area contributed by atoms with E-state index in [1.807, 2.05) is 19.2 Å². The van der Waals surface area contributed by atoms with Gasteiger partial charge in [0.2, 0.25) is 5.91 Å². The zero-order valence-corrected chi connectivity index (χ0v) is 11.7. The second kappa shape index (κ2) is 6.25. The van der Waals surface area contributed by atoms with E-state index in [4.69, 9.17) is 0 Å². The number of aryl methyl sites for hydroxylation is 1. The number of nitrogens with one attached hydrogen (secondary N) is 1. The third-order valence-electron chi connectivity index (χ3n) is 1.93. The molecule has 1 N–H and O–H groups in total. The van der Waals surface area contributed by atoms with Crippen LogP contribution in [0.15, 0.2) is 9.72 Å². The fourth-order valence-electron chi connectivity index (χ4n) is 1.04. The van der Waals surface area contributed by atoms with E-state index < -0.39 is 0 Å². The van der Waals surface area contributed by atoms with Gasteiger partial charge in [-0.25, -0.2) is 4.98 Å². The van der Waals surface area contributed by atoms with Crippen LogP contribution in [0.2, 0.25) is 0 Å². The summed E-state index contributed by atoms with van der Waals surface area (Å²) in [4.78, 5) is 16.0. The first-order valence-corrected chi connectivity index (χ1v) is 7.11. The van der Waals surface area contributed by atoms with Gasteiger partial charge in [-0.15, -0.1) is 11.3 Å². The Morgan fingerprint density at radius 2 is 2.25 bits per heavy atom. The molecule has 0 aliphatic rings. The Balaban J connectivity index is 2.39. The van der Waals surface area contributed by atoms with Gasteiger partial charge in [-0.05, 0) is 19.8 Å². The first kappa shape index (κ1) is 13.5. The van der Waals surface area contributed by atoms with Gasteiger partial charge in [0.25, 0.3) is 0 Å². The molecule has 0 saturated carbocycles. The zero-order valence-electron chi connectivity index (χ0n) is 10.1. The first-order chi connectivity index (χ1) is 7.49. The van der Waals surface area contributed by atoms with Crippen molar-refractivity contribution in [2.45, 2.75) is 37.3 Å². The van der Waals surface area contributed by atoms with Crippen molar-refractivity contribution in [3.63, 3.8) is 0 Å². The van der Waals surface area contributed by atoms with Crippen LogP contribution in [0.5, 0.6) is 0 Å². The monoisotopic (exact) mass is 258 g/mol. The van der Waals surface area contributed by atoms with Crippen molar-refractivity contribution in [3.05, 3.63) is 11.1 Å². The summed E-state index contributed by atoms with van der Waals surface area (Å²) in [5.41, 5.74) is 1.02. The normalized spacial score (nSPS) is 12.8. The lowest BCUT2D eigenvalue weighted by molar-refractivity contribution is -0.120. The van der Waals surface area contributed by atoms with E-state index in [1.54, 1.807) is 11.3 Å². The van der Waals surface area contributed by atoms with E-state index >= 15 is 0 Å². The van der Waals surface area contributed by atoms with Crippen LogP contribution in [0.3, 0.4) is 0 Å². The van der Waals surface area contributed by atoms with Crippen LogP contribution >= 0.6 is 23.1 Å². The Bertz CT molecular complexity index is 350. The number of aromatic nitrogens is 1. The summed E-state index contributed by atoms with van der Waals surface area (Å²) in [6.45, 7) is 8.78. The second-order valence-electron chi connectivity index (χ2n) is 4.15. The van der Waals surface area contributed by atoms with Crippen LogP contribution in [0.25, 0.3) is 0 Å². The van der Waals surface area contributed by atoms with E-state index in [0.717, 1.165) is 16.6 Å². The third kappa shape index (κ3) is 4.53. The molecule has 0 bridgehead atoms. The van der Waals surface area contributed by atoms with Gasteiger partial charge < -0.3 is 5.32 Å². The lowest BCUT2D eigenvalue weighted by atomic mass is 10.2. The predicted octanol–water partition coefficient (Wildman–Crippen LogP) is 2.70. The Labute approximate surface area is 105 Å². The molecule has 90 valence electrons. The molecule has 1 atom stereocenters. The van der Waals surface area contributed by atoms with E-state index in [0.29, 0.717) is 5.92 Å². The standard InChI is InChI=1S/C11H18N2OS2/c1-7(2)5-12-10(14)9(4)16-11-13-8(3)6-15-11/h6-7,9H,5H2,1-4H3,(H,12,14). The number of amides is 1. The maximum atomic E-state index is 11.7.